The van der Waals surface area contributed by atoms with Crippen LogP contribution < -0.4 is 50.5 Å². The number of halogens is 1. The van der Waals surface area contributed by atoms with Crippen LogP contribution in [0.1, 0.15) is 0 Å². The van der Waals surface area contributed by atoms with Crippen LogP contribution in [0.5, 0.6) is 0 Å². The van der Waals surface area contributed by atoms with Crippen LogP contribution in [0.25, 0.3) is 0 Å². The van der Waals surface area contributed by atoms with Crippen LogP contribution in [0.15, 0.2) is 182 Å². The van der Waals surface area contributed by atoms with E-state index >= 15 is 0 Å². The van der Waals surface area contributed by atoms with Crippen LogP contribution in [0.3, 0.4) is 0 Å². The van der Waals surface area contributed by atoms with E-state index in [2.05, 4.69) is 172 Å². The van der Waals surface area contributed by atoms with E-state index in [9.17, 15) is 0 Å². The summed E-state index contributed by atoms with van der Waals surface area (Å²) in [6.07, 6.45) is 0. The van der Waals surface area contributed by atoms with E-state index in [1.54, 1.807) is 0 Å². The fourth-order valence-electron chi connectivity index (χ4n) is 4.48. The second-order valence-corrected chi connectivity index (χ2v) is 18.5. The van der Waals surface area contributed by atoms with Crippen molar-refractivity contribution in [1.82, 2.24) is 0 Å². The maximum absolute atomic E-state index is 8.49. The Morgan fingerprint density at radius 3 is 0.720 bits per heavy atom. The van der Waals surface area contributed by atoms with Gasteiger partial charge in [0.2, 0.25) is 0 Å². The van der Waals surface area contributed by atoms with Gasteiger partial charge in [0.25, 0.3) is 0 Å². The minimum Gasteiger partial charge on any atom is -0.222 e. The number of hydrogen-bond acceptors (Lipinski definition) is 4. The predicted octanol–water partition coefficient (Wildman–Crippen LogP) is 3.98. The first-order valence-corrected chi connectivity index (χ1v) is 21.9. The summed E-state index contributed by atoms with van der Waals surface area (Å²) in [5, 5.41) is 8.25. The van der Waals surface area contributed by atoms with Gasteiger partial charge in [0.15, 0.2) is 0 Å². The second kappa shape index (κ2) is 24.5. The molecule has 0 N–H and O–H groups in total. The van der Waals surface area contributed by atoms with E-state index in [0.29, 0.717) is 0 Å². The topological polar surface area (TPSA) is 92.2 Å². The van der Waals surface area contributed by atoms with Gasteiger partial charge < -0.3 is 0 Å². The summed E-state index contributed by atoms with van der Waals surface area (Å²) in [4.78, 5) is 0. The second-order valence-electron chi connectivity index (χ2n) is 10.5. The quantitative estimate of drug-likeness (QED) is 0.144. The van der Waals surface area contributed by atoms with Crippen molar-refractivity contribution >= 4 is 54.9 Å². The van der Waals surface area contributed by atoms with Crippen LogP contribution in [0.4, 0.5) is 0 Å². The first-order valence-electron chi connectivity index (χ1n) is 14.9. The SMILES string of the molecule is CP(c1ccccc1)c1ccccc1.CP(c1ccccc1)c1ccccc1.[Au+].[Au+].[CH2-][P+]([CH2-])(c1ccccc1)c1ccccc1.[O-][Cl+3]([O-])([O-])[O-]. The van der Waals surface area contributed by atoms with Crippen molar-refractivity contribution in [2.75, 3.05) is 13.3 Å². The van der Waals surface area contributed by atoms with Gasteiger partial charge in [-0.2, -0.15) is 20.6 Å². The molecule has 268 valence electrons. The average Bonchev–Trinajstić information content (AvgIpc) is 3.13. The maximum Gasteiger partial charge on any atom is 1.00 e. The third-order valence-corrected chi connectivity index (χ3v) is 13.9. The van der Waals surface area contributed by atoms with Crippen LogP contribution in [0.2, 0.25) is 0 Å². The molecule has 0 aromatic heterocycles. The van der Waals surface area contributed by atoms with Crippen molar-refractivity contribution in [3.8, 4) is 0 Å². The van der Waals surface area contributed by atoms with E-state index in [4.69, 9.17) is 18.6 Å². The molecular weight excluding hydrogens is 1070 g/mol. The third kappa shape index (κ3) is 17.2. The Bertz CT molecular complexity index is 1500. The molecule has 0 fully saturated rings. The zero-order chi connectivity index (χ0) is 34.8. The molecule has 0 saturated carbocycles. The molecule has 0 aliphatic heterocycles. The summed E-state index contributed by atoms with van der Waals surface area (Å²) in [6.45, 7) is 13.2. The Balaban J connectivity index is 0.000000345. The molecular formula is C40H40Au2ClO4P3. The Morgan fingerprint density at radius 1 is 0.380 bits per heavy atom. The van der Waals surface area contributed by atoms with E-state index in [1.807, 2.05) is 36.4 Å². The molecule has 10 heteroatoms. The summed E-state index contributed by atoms with van der Waals surface area (Å²) in [5.41, 5.74) is 0. The Labute approximate surface area is 334 Å². The molecule has 0 atom stereocenters. The molecule has 6 rings (SSSR count). The normalized spacial score (nSPS) is 10.4. The van der Waals surface area contributed by atoms with Crippen molar-refractivity contribution in [3.63, 3.8) is 0 Å². The van der Waals surface area contributed by atoms with E-state index in [-0.39, 0.29) is 60.6 Å². The zero-order valence-corrected chi connectivity index (χ0v) is 35.5. The predicted molar refractivity (Wildman–Crippen MR) is 200 cm³/mol. The Hall–Kier alpha value is -1.78. The van der Waals surface area contributed by atoms with Crippen molar-refractivity contribution < 1.29 is 73.6 Å². The van der Waals surface area contributed by atoms with Gasteiger partial charge in [-0.15, -0.1) is 10.2 Å². The summed E-state index contributed by atoms with van der Waals surface area (Å²) in [5.74, 6) is 0. The Kier molecular flexibility index (Phi) is 22.6. The molecule has 0 aliphatic carbocycles. The molecule has 0 aliphatic rings. The molecule has 0 radical (unpaired) electrons. The van der Waals surface area contributed by atoms with Gasteiger partial charge in [-0.05, 0) is 74.7 Å². The molecule has 4 nitrogen and oxygen atoms in total. The summed E-state index contributed by atoms with van der Waals surface area (Å²) in [6, 6.07) is 63.5. The van der Waals surface area contributed by atoms with Crippen molar-refractivity contribution in [1.29, 1.82) is 0 Å². The van der Waals surface area contributed by atoms with Crippen LogP contribution in [-0.4, -0.2) is 13.3 Å². The van der Waals surface area contributed by atoms with Gasteiger partial charge in [-0.25, -0.2) is 18.6 Å². The van der Waals surface area contributed by atoms with Crippen molar-refractivity contribution in [2.45, 2.75) is 0 Å². The summed E-state index contributed by atoms with van der Waals surface area (Å²) < 4.78 is 34.0. The minimum absolute atomic E-state index is 0. The van der Waals surface area contributed by atoms with Crippen LogP contribution in [0, 0.1) is 23.6 Å². The molecule has 0 heterocycles. The van der Waals surface area contributed by atoms with Crippen molar-refractivity contribution in [3.05, 3.63) is 195 Å². The first-order chi connectivity index (χ1) is 23.0. The van der Waals surface area contributed by atoms with Gasteiger partial charge >= 0.3 is 44.8 Å². The molecule has 50 heavy (non-hydrogen) atoms. The summed E-state index contributed by atoms with van der Waals surface area (Å²) >= 11 is 0. The Morgan fingerprint density at radius 2 is 0.540 bits per heavy atom. The van der Waals surface area contributed by atoms with E-state index in [0.717, 1.165) is 0 Å². The van der Waals surface area contributed by atoms with Crippen molar-refractivity contribution in [2.24, 2.45) is 0 Å². The fourth-order valence-corrected chi connectivity index (χ4v) is 9.34. The molecule has 0 spiro atoms. The van der Waals surface area contributed by atoms with E-state index < -0.39 is 17.5 Å². The molecule has 0 unspecified atom stereocenters. The third-order valence-electron chi connectivity index (χ3n) is 7.07. The largest absolute Gasteiger partial charge is 1.00 e. The first kappa shape index (κ1) is 46.2. The maximum atomic E-state index is 8.49. The van der Waals surface area contributed by atoms with Gasteiger partial charge in [0.05, 0.1) is 0 Å². The summed E-state index contributed by atoms with van der Waals surface area (Å²) in [7, 11) is -6.93. The van der Waals surface area contributed by atoms with Crippen LogP contribution >= 0.6 is 23.1 Å². The fraction of sp³-hybridized carbons (Fsp3) is 0.0500. The molecule has 6 aromatic carbocycles. The molecule has 6 aromatic rings. The van der Waals surface area contributed by atoms with Gasteiger partial charge in [0.1, 0.15) is 0 Å². The number of hydrogen-bond donors (Lipinski definition) is 0. The van der Waals surface area contributed by atoms with Gasteiger partial charge in [-0.1, -0.05) is 158 Å². The number of benzene rings is 6. The number of rotatable bonds is 6. The standard InChI is InChI=1S/C14H14P.2C13H13P.2Au.ClHO4/c1-15(2,13-9-5-3-6-10-13)14-11-7-4-8-12-14;2*1-14(12-8-4-2-5-9-12)13-10-6-3-7-11-13;;;2-1(3,4)5/h3-12H,1-2H2;2*2-11H,1H3;;;(H,2,3,4,5)/q-1;;;2*+1;/p-1. The van der Waals surface area contributed by atoms with E-state index in [1.165, 1.54) is 31.8 Å². The smallest absolute Gasteiger partial charge is 0.222 e. The average molecular weight is 1110 g/mol. The van der Waals surface area contributed by atoms with Gasteiger partial charge in [0, 0.05) is 10.6 Å². The van der Waals surface area contributed by atoms with Gasteiger partial charge in [-0.3, -0.25) is 0 Å². The molecule has 0 bridgehead atoms. The molecule has 0 saturated heterocycles. The zero-order valence-electron chi connectivity index (χ0n) is 27.7. The monoisotopic (exact) mass is 1110 g/mol. The van der Waals surface area contributed by atoms with Crippen LogP contribution in [-0.2, 0) is 44.8 Å². The molecule has 0 amide bonds. The minimum atomic E-state index is -4.94.